The number of carboxylic acids is 1. The molecule has 0 unspecified atom stereocenters. The molecule has 1 heterocycles. The molecule has 42 heavy (non-hydrogen) atoms. The summed E-state index contributed by atoms with van der Waals surface area (Å²) in [6, 6.07) is 22.6. The highest BCUT2D eigenvalue weighted by atomic mass is 16.5. The second-order valence-electron chi connectivity index (χ2n) is 11.8. The standard InChI is InChI=1S/C35H43N3O4/c1-6-20-42-31-22-28(16-17-29(31)23-33(39)40)27-12-8-10-25(21-27)11-9-13-32-36-38(34(41)37(32)7-2)24-26-14-18-30(19-15-26)35(3,4)5/h8,10,12,14-19,21-22H,6-7,9,11,13,20,23-24H2,1-5H3,(H,39,40). The van der Waals surface area contributed by atoms with Crippen molar-refractivity contribution in [3.05, 3.63) is 105 Å². The summed E-state index contributed by atoms with van der Waals surface area (Å²) in [6.07, 6.45) is 3.20. The van der Waals surface area contributed by atoms with Crippen LogP contribution in [0.3, 0.4) is 0 Å². The van der Waals surface area contributed by atoms with Crippen molar-refractivity contribution in [2.24, 2.45) is 0 Å². The Kier molecular flexibility index (Phi) is 10.0. The lowest BCUT2D eigenvalue weighted by Crippen LogP contribution is -2.25. The van der Waals surface area contributed by atoms with E-state index in [0.29, 0.717) is 37.4 Å². The molecule has 7 nitrogen and oxygen atoms in total. The molecule has 4 aromatic rings. The van der Waals surface area contributed by atoms with Gasteiger partial charge in [0.05, 0.1) is 19.6 Å². The zero-order valence-electron chi connectivity index (χ0n) is 25.5. The van der Waals surface area contributed by atoms with Crippen LogP contribution >= 0.6 is 0 Å². The van der Waals surface area contributed by atoms with Gasteiger partial charge in [-0.2, -0.15) is 5.10 Å². The Labute approximate surface area is 248 Å². The number of carboxylic acid groups (broad SMARTS) is 1. The second kappa shape index (κ2) is 13.7. The van der Waals surface area contributed by atoms with E-state index in [-0.39, 0.29) is 17.5 Å². The lowest BCUT2D eigenvalue weighted by Gasteiger charge is -2.19. The van der Waals surface area contributed by atoms with Gasteiger partial charge in [0.1, 0.15) is 11.6 Å². The van der Waals surface area contributed by atoms with Gasteiger partial charge in [-0.25, -0.2) is 9.48 Å². The van der Waals surface area contributed by atoms with Crippen molar-refractivity contribution in [3.8, 4) is 16.9 Å². The third-order valence-corrected chi connectivity index (χ3v) is 7.46. The van der Waals surface area contributed by atoms with E-state index in [2.05, 4.69) is 63.2 Å². The summed E-state index contributed by atoms with van der Waals surface area (Å²) in [4.78, 5) is 24.4. The van der Waals surface area contributed by atoms with Crippen molar-refractivity contribution in [2.45, 2.75) is 85.2 Å². The Balaban J connectivity index is 1.44. The smallest absolute Gasteiger partial charge is 0.346 e. The molecule has 222 valence electrons. The summed E-state index contributed by atoms with van der Waals surface area (Å²) in [5, 5.41) is 14.0. The van der Waals surface area contributed by atoms with Crippen LogP contribution in [0.15, 0.2) is 71.5 Å². The van der Waals surface area contributed by atoms with Crippen LogP contribution in [0.5, 0.6) is 5.75 Å². The van der Waals surface area contributed by atoms with Crippen LogP contribution in [-0.2, 0) is 42.6 Å². The molecule has 0 saturated carbocycles. The molecule has 3 aromatic carbocycles. The zero-order valence-corrected chi connectivity index (χ0v) is 25.5. The maximum atomic E-state index is 13.1. The molecule has 0 radical (unpaired) electrons. The van der Waals surface area contributed by atoms with Crippen LogP contribution < -0.4 is 10.4 Å². The molecular formula is C35H43N3O4. The fourth-order valence-corrected chi connectivity index (χ4v) is 5.12. The summed E-state index contributed by atoms with van der Waals surface area (Å²) in [6.45, 7) is 12.2. The number of hydrogen-bond donors (Lipinski definition) is 1. The average Bonchev–Trinajstić information content (AvgIpc) is 3.25. The molecule has 0 aliphatic rings. The number of benzene rings is 3. The molecule has 0 aliphatic heterocycles. The van der Waals surface area contributed by atoms with Gasteiger partial charge in [0, 0.05) is 18.5 Å². The van der Waals surface area contributed by atoms with Crippen LogP contribution in [0.4, 0.5) is 0 Å². The van der Waals surface area contributed by atoms with Crippen molar-refractivity contribution in [2.75, 3.05) is 6.61 Å². The molecule has 0 amide bonds. The van der Waals surface area contributed by atoms with Crippen molar-refractivity contribution in [3.63, 3.8) is 0 Å². The summed E-state index contributed by atoms with van der Waals surface area (Å²) < 4.78 is 9.24. The number of aryl methyl sites for hydroxylation is 2. The third kappa shape index (κ3) is 7.78. The van der Waals surface area contributed by atoms with Gasteiger partial charge in [-0.05, 0) is 65.5 Å². The van der Waals surface area contributed by atoms with Gasteiger partial charge >= 0.3 is 11.7 Å². The minimum Gasteiger partial charge on any atom is -0.493 e. The highest BCUT2D eigenvalue weighted by molar-refractivity contribution is 5.73. The molecule has 7 heteroatoms. The van der Waals surface area contributed by atoms with Gasteiger partial charge in [-0.3, -0.25) is 9.36 Å². The molecular weight excluding hydrogens is 526 g/mol. The van der Waals surface area contributed by atoms with Gasteiger partial charge in [-0.1, -0.05) is 88.4 Å². The topological polar surface area (TPSA) is 86.4 Å². The number of rotatable bonds is 13. The first-order valence-electron chi connectivity index (χ1n) is 14.9. The molecule has 0 fully saturated rings. The van der Waals surface area contributed by atoms with Crippen molar-refractivity contribution < 1.29 is 14.6 Å². The normalized spacial score (nSPS) is 11.5. The predicted molar refractivity (Wildman–Crippen MR) is 167 cm³/mol. The van der Waals surface area contributed by atoms with Crippen LogP contribution in [0.1, 0.15) is 75.5 Å². The molecule has 0 aliphatic carbocycles. The maximum absolute atomic E-state index is 13.1. The van der Waals surface area contributed by atoms with E-state index in [9.17, 15) is 14.7 Å². The number of hydrogen-bond acceptors (Lipinski definition) is 4. The highest BCUT2D eigenvalue weighted by Crippen LogP contribution is 2.29. The summed E-state index contributed by atoms with van der Waals surface area (Å²) in [5.41, 5.74) is 6.28. The molecule has 0 bridgehead atoms. The SMILES string of the molecule is CCCOc1cc(-c2cccc(CCCc3nn(Cc4ccc(C(C)(C)C)cc4)c(=O)n3CC)c2)ccc1CC(=O)O. The third-order valence-electron chi connectivity index (χ3n) is 7.46. The first-order valence-corrected chi connectivity index (χ1v) is 14.9. The summed E-state index contributed by atoms with van der Waals surface area (Å²) >= 11 is 0. The highest BCUT2D eigenvalue weighted by Gasteiger charge is 2.15. The monoisotopic (exact) mass is 569 g/mol. The number of ether oxygens (including phenoxy) is 1. The fourth-order valence-electron chi connectivity index (χ4n) is 5.12. The van der Waals surface area contributed by atoms with Crippen LogP contribution in [0.2, 0.25) is 0 Å². The van der Waals surface area contributed by atoms with Crippen molar-refractivity contribution in [1.82, 2.24) is 14.3 Å². The lowest BCUT2D eigenvalue weighted by molar-refractivity contribution is -0.136. The quantitative estimate of drug-likeness (QED) is 0.194. The van der Waals surface area contributed by atoms with Gasteiger partial charge in [-0.15, -0.1) is 0 Å². The van der Waals surface area contributed by atoms with E-state index in [0.717, 1.165) is 41.8 Å². The van der Waals surface area contributed by atoms with Crippen LogP contribution in [-0.4, -0.2) is 32.0 Å². The van der Waals surface area contributed by atoms with E-state index >= 15 is 0 Å². The Hall–Kier alpha value is -4.13. The minimum absolute atomic E-state index is 0.0677. The summed E-state index contributed by atoms with van der Waals surface area (Å²) in [7, 11) is 0. The molecule has 0 spiro atoms. The Morgan fingerprint density at radius 2 is 1.67 bits per heavy atom. The Bertz CT molecular complexity index is 1560. The molecule has 0 saturated heterocycles. The van der Waals surface area contributed by atoms with Gasteiger partial charge in [0.25, 0.3) is 0 Å². The minimum atomic E-state index is -0.876. The molecule has 4 rings (SSSR count). The van der Waals surface area contributed by atoms with Gasteiger partial charge < -0.3 is 9.84 Å². The largest absolute Gasteiger partial charge is 0.493 e. The van der Waals surface area contributed by atoms with Gasteiger partial charge in [0.15, 0.2) is 0 Å². The van der Waals surface area contributed by atoms with E-state index in [1.54, 1.807) is 9.25 Å². The number of aliphatic carboxylic acids is 1. The number of nitrogens with zero attached hydrogens (tertiary/aromatic N) is 3. The predicted octanol–water partition coefficient (Wildman–Crippen LogP) is 6.67. The van der Waals surface area contributed by atoms with Gasteiger partial charge in [0.2, 0.25) is 0 Å². The first kappa shape index (κ1) is 30.8. The van der Waals surface area contributed by atoms with E-state index in [1.165, 1.54) is 11.1 Å². The fraction of sp³-hybridized carbons (Fsp3) is 0.400. The molecule has 0 atom stereocenters. The molecule has 1 aromatic heterocycles. The zero-order chi connectivity index (χ0) is 30.3. The van der Waals surface area contributed by atoms with E-state index in [1.807, 2.05) is 38.1 Å². The number of aromatic nitrogens is 3. The Morgan fingerprint density at radius 1 is 0.929 bits per heavy atom. The van der Waals surface area contributed by atoms with Crippen molar-refractivity contribution in [1.29, 1.82) is 0 Å². The second-order valence-corrected chi connectivity index (χ2v) is 11.8. The maximum Gasteiger partial charge on any atom is 0.346 e. The Morgan fingerprint density at radius 3 is 2.33 bits per heavy atom. The summed E-state index contributed by atoms with van der Waals surface area (Å²) in [5.74, 6) is 0.566. The van der Waals surface area contributed by atoms with Crippen LogP contribution in [0.25, 0.3) is 11.1 Å². The van der Waals surface area contributed by atoms with Crippen molar-refractivity contribution >= 4 is 5.97 Å². The average molecular weight is 570 g/mol. The molecule has 1 N–H and O–H groups in total. The van der Waals surface area contributed by atoms with Crippen LogP contribution in [0, 0.1) is 0 Å². The van der Waals surface area contributed by atoms with E-state index in [4.69, 9.17) is 9.84 Å². The van der Waals surface area contributed by atoms with E-state index < -0.39 is 5.97 Å². The first-order chi connectivity index (χ1) is 20.1. The lowest BCUT2D eigenvalue weighted by atomic mass is 9.87. The number of carbonyl (C=O) groups is 1.